The van der Waals surface area contributed by atoms with Gasteiger partial charge in [-0.3, -0.25) is 0 Å². The van der Waals surface area contributed by atoms with E-state index in [-0.39, 0.29) is 11.4 Å². The molecule has 2 N–H and O–H groups in total. The van der Waals surface area contributed by atoms with Crippen LogP contribution in [0.25, 0.3) is 10.8 Å². The van der Waals surface area contributed by atoms with Gasteiger partial charge in [0.05, 0.1) is 0 Å². The van der Waals surface area contributed by atoms with Crippen LogP contribution in [0.1, 0.15) is 5.56 Å². The number of hydrogen-bond acceptors (Lipinski definition) is 4. The van der Waals surface area contributed by atoms with E-state index in [4.69, 9.17) is 16.3 Å². The van der Waals surface area contributed by atoms with Gasteiger partial charge < -0.3 is 5.73 Å². The number of hydrogen-bond donors (Lipinski definition) is 1. The van der Waals surface area contributed by atoms with Gasteiger partial charge in [0, 0.05) is 6.21 Å². The summed E-state index contributed by atoms with van der Waals surface area (Å²) < 4.78 is 0. The van der Waals surface area contributed by atoms with Gasteiger partial charge in [-0.25, -0.2) is 4.99 Å². The molecule has 0 spiro atoms. The Morgan fingerprint density at radius 2 is 1.79 bits per heavy atom. The molecule has 0 amide bonds. The Labute approximate surface area is 110 Å². The van der Waals surface area contributed by atoms with Gasteiger partial charge in [0.1, 0.15) is 17.8 Å². The predicted molar refractivity (Wildman–Crippen MR) is 74.0 cm³/mol. The highest BCUT2D eigenvalue weighted by Gasteiger charge is 1.99. The molecular weight excluding hydrogens is 236 g/mol. The topological polar surface area (TPSA) is 86.0 Å². The molecule has 2 aromatic carbocycles. The van der Waals surface area contributed by atoms with Crippen molar-refractivity contribution in [2.45, 2.75) is 0 Å². The highest BCUT2D eigenvalue weighted by molar-refractivity contribution is 5.90. The van der Waals surface area contributed by atoms with Gasteiger partial charge in [0.2, 0.25) is 0 Å². The van der Waals surface area contributed by atoms with Crippen molar-refractivity contribution in [2.24, 2.45) is 10.7 Å². The van der Waals surface area contributed by atoms with Gasteiger partial charge in [-0.05, 0) is 22.4 Å². The molecule has 0 unspecified atom stereocenters. The number of nitrogens with zero attached hydrogens (tertiary/aromatic N) is 3. The van der Waals surface area contributed by atoms with Crippen LogP contribution < -0.4 is 5.73 Å². The Morgan fingerprint density at radius 1 is 1.05 bits per heavy atom. The van der Waals surface area contributed by atoms with Crippen molar-refractivity contribution in [1.29, 1.82) is 10.5 Å². The van der Waals surface area contributed by atoms with Crippen LogP contribution >= 0.6 is 0 Å². The highest BCUT2D eigenvalue weighted by Crippen LogP contribution is 2.14. The minimum Gasteiger partial charge on any atom is -0.388 e. The maximum absolute atomic E-state index is 8.82. The molecule has 0 heterocycles. The fourth-order valence-corrected chi connectivity index (χ4v) is 1.64. The summed E-state index contributed by atoms with van der Waals surface area (Å²) in [5.74, 6) is 0. The molecule has 90 valence electrons. The normalized spacial score (nSPS) is 11.9. The molecule has 2 rings (SSSR count). The van der Waals surface area contributed by atoms with Gasteiger partial charge in [-0.1, -0.05) is 36.4 Å². The molecule has 0 aromatic heterocycles. The van der Waals surface area contributed by atoms with E-state index in [0.717, 1.165) is 16.3 Å². The van der Waals surface area contributed by atoms with Crippen molar-refractivity contribution in [2.75, 3.05) is 0 Å². The first-order valence-corrected chi connectivity index (χ1v) is 5.57. The Balaban J connectivity index is 2.37. The lowest BCUT2D eigenvalue weighted by molar-refractivity contribution is 1.27. The Kier molecular flexibility index (Phi) is 3.56. The first-order chi connectivity index (χ1) is 9.24. The lowest BCUT2D eigenvalue weighted by Crippen LogP contribution is -1.97. The summed E-state index contributed by atoms with van der Waals surface area (Å²) in [6, 6.07) is 17.3. The molecule has 0 fully saturated rings. The van der Waals surface area contributed by atoms with Crippen LogP contribution in [0.5, 0.6) is 0 Å². The van der Waals surface area contributed by atoms with Gasteiger partial charge in [0.15, 0.2) is 5.70 Å². The highest BCUT2D eigenvalue weighted by atomic mass is 14.8. The molecule has 0 atom stereocenters. The number of nitrogens with two attached hydrogens (primary N) is 1. The van der Waals surface area contributed by atoms with Crippen molar-refractivity contribution in [1.82, 2.24) is 0 Å². The van der Waals surface area contributed by atoms with Crippen LogP contribution in [0.15, 0.2) is 58.9 Å². The number of rotatable bonds is 2. The van der Waals surface area contributed by atoms with Gasteiger partial charge in [0.25, 0.3) is 0 Å². The standard InChI is InChI=1S/C15H10N4/c16-8-14(18)15(9-17)19-10-11-5-6-12-3-1-2-4-13(12)7-11/h1-7,10H,18H2. The Hall–Kier alpha value is -3.11. The summed E-state index contributed by atoms with van der Waals surface area (Å²) in [6.07, 6.45) is 1.52. The second-order valence-corrected chi connectivity index (χ2v) is 3.85. The summed E-state index contributed by atoms with van der Waals surface area (Å²) in [7, 11) is 0. The van der Waals surface area contributed by atoms with Crippen LogP contribution in [0, 0.1) is 22.7 Å². The quantitative estimate of drug-likeness (QED) is 0.652. The van der Waals surface area contributed by atoms with Crippen molar-refractivity contribution in [3.63, 3.8) is 0 Å². The van der Waals surface area contributed by atoms with Crippen molar-refractivity contribution in [3.05, 3.63) is 59.4 Å². The number of fused-ring (bicyclic) bond motifs is 1. The molecule has 19 heavy (non-hydrogen) atoms. The molecule has 0 aliphatic carbocycles. The average Bonchev–Trinajstić information content (AvgIpc) is 2.47. The summed E-state index contributed by atoms with van der Waals surface area (Å²) in [5, 5.41) is 19.7. The molecule has 4 heteroatoms. The van der Waals surface area contributed by atoms with E-state index in [2.05, 4.69) is 4.99 Å². The number of nitriles is 2. The minimum atomic E-state index is -0.181. The molecule has 0 saturated carbocycles. The predicted octanol–water partition coefficient (Wildman–Crippen LogP) is 2.48. The molecule has 0 radical (unpaired) electrons. The third-order valence-corrected chi connectivity index (χ3v) is 2.60. The zero-order chi connectivity index (χ0) is 13.7. The van der Waals surface area contributed by atoms with Gasteiger partial charge in [-0.2, -0.15) is 10.5 Å². The van der Waals surface area contributed by atoms with Crippen LogP contribution in [0.4, 0.5) is 0 Å². The van der Waals surface area contributed by atoms with Crippen molar-refractivity contribution >= 4 is 17.0 Å². The zero-order valence-electron chi connectivity index (χ0n) is 10.0. The first-order valence-electron chi connectivity index (χ1n) is 5.57. The van der Waals surface area contributed by atoms with Crippen molar-refractivity contribution < 1.29 is 0 Å². The SMILES string of the molecule is N#CC(N)=C(C#N)N=Cc1ccc2ccccc2c1. The van der Waals surface area contributed by atoms with E-state index in [1.54, 1.807) is 12.1 Å². The van der Waals surface area contributed by atoms with Gasteiger partial charge in [-0.15, -0.1) is 0 Å². The largest absolute Gasteiger partial charge is 0.388 e. The zero-order valence-corrected chi connectivity index (χ0v) is 10.0. The third-order valence-electron chi connectivity index (χ3n) is 2.60. The molecule has 2 aromatic rings. The Morgan fingerprint density at radius 3 is 2.47 bits per heavy atom. The number of benzene rings is 2. The lowest BCUT2D eigenvalue weighted by Gasteiger charge is -1.98. The van der Waals surface area contributed by atoms with E-state index in [9.17, 15) is 0 Å². The molecular formula is C15H10N4. The maximum Gasteiger partial charge on any atom is 0.174 e. The Bertz CT molecular complexity index is 758. The van der Waals surface area contributed by atoms with Crippen LogP contribution in [0.3, 0.4) is 0 Å². The summed E-state index contributed by atoms with van der Waals surface area (Å²) in [5.41, 5.74) is 5.95. The number of aliphatic imine (C=N–C) groups is 1. The molecule has 0 aliphatic heterocycles. The molecule has 0 bridgehead atoms. The van der Waals surface area contributed by atoms with Gasteiger partial charge >= 0.3 is 0 Å². The van der Waals surface area contributed by atoms with E-state index in [1.165, 1.54) is 6.21 Å². The second kappa shape index (κ2) is 5.48. The minimum absolute atomic E-state index is 0.0735. The lowest BCUT2D eigenvalue weighted by atomic mass is 10.1. The average molecular weight is 246 g/mol. The smallest absolute Gasteiger partial charge is 0.174 e. The summed E-state index contributed by atoms with van der Waals surface area (Å²) in [6.45, 7) is 0. The third kappa shape index (κ3) is 2.77. The van der Waals surface area contributed by atoms with E-state index >= 15 is 0 Å². The fourth-order valence-electron chi connectivity index (χ4n) is 1.64. The van der Waals surface area contributed by atoms with E-state index < -0.39 is 0 Å². The van der Waals surface area contributed by atoms with Crippen molar-refractivity contribution in [3.8, 4) is 12.1 Å². The van der Waals surface area contributed by atoms with E-state index in [0.29, 0.717) is 0 Å². The first kappa shape index (κ1) is 12.3. The molecule has 4 nitrogen and oxygen atoms in total. The van der Waals surface area contributed by atoms with Crippen LogP contribution in [-0.2, 0) is 0 Å². The molecule has 0 aliphatic rings. The van der Waals surface area contributed by atoms with Crippen LogP contribution in [0.2, 0.25) is 0 Å². The monoisotopic (exact) mass is 246 g/mol. The van der Waals surface area contributed by atoms with E-state index in [1.807, 2.05) is 42.5 Å². The summed E-state index contributed by atoms with van der Waals surface area (Å²) in [4.78, 5) is 3.94. The molecule has 0 saturated heterocycles. The van der Waals surface area contributed by atoms with Crippen LogP contribution in [-0.4, -0.2) is 6.21 Å². The summed E-state index contributed by atoms with van der Waals surface area (Å²) >= 11 is 0. The fraction of sp³-hybridized carbons (Fsp3) is 0. The number of allylic oxidation sites excluding steroid dienone is 2. The second-order valence-electron chi connectivity index (χ2n) is 3.85. The maximum atomic E-state index is 8.82.